The van der Waals surface area contributed by atoms with Gasteiger partial charge in [-0.05, 0) is 67.4 Å². The molecule has 252 valence electrons. The minimum Gasteiger partial charge on any atom is -0.208 e. The molecule has 0 saturated carbocycles. The van der Waals surface area contributed by atoms with E-state index in [4.69, 9.17) is 15.0 Å². The summed E-state index contributed by atoms with van der Waals surface area (Å²) in [6.45, 7) is 0. The third-order valence-corrected chi connectivity index (χ3v) is 12.2. The molecule has 0 fully saturated rings. The molecule has 0 amide bonds. The van der Waals surface area contributed by atoms with E-state index in [2.05, 4.69) is 164 Å². The predicted octanol–water partition coefficient (Wildman–Crippen LogP) is 12.5. The molecule has 0 saturated heterocycles. The number of rotatable bonds is 4. The highest BCUT2D eigenvalue weighted by Gasteiger charge is 2.50. The molecule has 9 aromatic rings. The van der Waals surface area contributed by atoms with E-state index in [1.54, 1.807) is 0 Å². The molecular formula is C50H31N3S. The van der Waals surface area contributed by atoms with Crippen LogP contribution in [0.3, 0.4) is 0 Å². The van der Waals surface area contributed by atoms with Crippen LogP contribution in [0, 0.1) is 0 Å². The summed E-state index contributed by atoms with van der Waals surface area (Å²) in [4.78, 5) is 18.3. The first-order valence-corrected chi connectivity index (χ1v) is 19.1. The Balaban J connectivity index is 1.20. The lowest BCUT2D eigenvalue weighted by Crippen LogP contribution is -2.32. The number of benzene rings is 8. The average molecular weight is 706 g/mol. The Morgan fingerprint density at radius 2 is 0.796 bits per heavy atom. The normalized spacial score (nSPS) is 13.3. The third kappa shape index (κ3) is 4.60. The lowest BCUT2D eigenvalue weighted by atomic mass is 9.66. The first-order chi connectivity index (χ1) is 26.8. The summed E-state index contributed by atoms with van der Waals surface area (Å²) in [6.07, 6.45) is 0. The second kappa shape index (κ2) is 12.2. The molecule has 3 nitrogen and oxygen atoms in total. The van der Waals surface area contributed by atoms with Crippen molar-refractivity contribution in [2.75, 3.05) is 0 Å². The van der Waals surface area contributed by atoms with Crippen molar-refractivity contribution in [3.05, 3.63) is 210 Å². The molecule has 2 aliphatic rings. The summed E-state index contributed by atoms with van der Waals surface area (Å²) in [5, 5.41) is 2.31. The van der Waals surface area contributed by atoms with Gasteiger partial charge < -0.3 is 0 Å². The van der Waals surface area contributed by atoms with Crippen LogP contribution < -0.4 is 0 Å². The lowest BCUT2D eigenvalue weighted by Gasteiger charge is -2.40. The molecule has 4 heteroatoms. The van der Waals surface area contributed by atoms with E-state index in [-0.39, 0.29) is 0 Å². The molecule has 1 aromatic heterocycles. The number of hydrogen-bond donors (Lipinski definition) is 0. The number of hydrogen-bond acceptors (Lipinski definition) is 4. The molecule has 0 bridgehead atoms. The SMILES string of the molecule is c1ccc(-c2ccc(-c3nc(-c4ccccc4)nc(-c4cc5c(c6ccccc46)Sc4ccccc4C54c5ccccc5-c5ccccc54)n3)cc2)cc1. The molecule has 0 atom stereocenters. The van der Waals surface area contributed by atoms with Gasteiger partial charge in [-0.25, -0.2) is 15.0 Å². The molecule has 11 rings (SSSR count). The van der Waals surface area contributed by atoms with Gasteiger partial charge in [0, 0.05) is 26.5 Å². The zero-order valence-corrected chi connectivity index (χ0v) is 30.0. The van der Waals surface area contributed by atoms with Gasteiger partial charge in [0.25, 0.3) is 0 Å². The quantitative estimate of drug-likeness (QED) is 0.183. The topological polar surface area (TPSA) is 38.7 Å². The Morgan fingerprint density at radius 1 is 0.333 bits per heavy atom. The molecule has 1 spiro atoms. The average Bonchev–Trinajstić information content (AvgIpc) is 3.55. The summed E-state index contributed by atoms with van der Waals surface area (Å²) < 4.78 is 0. The fourth-order valence-corrected chi connectivity index (χ4v) is 9.95. The van der Waals surface area contributed by atoms with Gasteiger partial charge in [0.1, 0.15) is 0 Å². The van der Waals surface area contributed by atoms with Crippen LogP contribution in [-0.4, -0.2) is 15.0 Å². The largest absolute Gasteiger partial charge is 0.208 e. The summed E-state index contributed by atoms with van der Waals surface area (Å²) in [5.41, 5.74) is 12.4. The molecular weight excluding hydrogens is 675 g/mol. The standard InChI is InChI=1S/C50H31N3S/c1-3-15-32(16-4-1)33-27-29-35(30-28-33)48-51-47(34-17-5-2-6-18-34)52-49(53-48)40-31-44-46(39-22-8-7-19-36(39)40)54-45-26-14-13-25-43(45)50(44)41-23-11-9-20-37(41)38-21-10-12-24-42(38)50/h1-31H. The highest BCUT2D eigenvalue weighted by atomic mass is 32.2. The van der Waals surface area contributed by atoms with Gasteiger partial charge >= 0.3 is 0 Å². The van der Waals surface area contributed by atoms with Crippen molar-refractivity contribution >= 4 is 22.5 Å². The first-order valence-electron chi connectivity index (χ1n) is 18.3. The summed E-state index contributed by atoms with van der Waals surface area (Å²) >= 11 is 1.87. The highest BCUT2D eigenvalue weighted by molar-refractivity contribution is 7.99. The Kier molecular flexibility index (Phi) is 7.01. The van der Waals surface area contributed by atoms with Crippen LogP contribution in [0.2, 0.25) is 0 Å². The Morgan fingerprint density at radius 3 is 1.46 bits per heavy atom. The van der Waals surface area contributed by atoms with E-state index in [1.807, 2.05) is 36.0 Å². The van der Waals surface area contributed by atoms with E-state index in [9.17, 15) is 0 Å². The Labute approximate surface area is 318 Å². The van der Waals surface area contributed by atoms with Crippen LogP contribution in [0.4, 0.5) is 0 Å². The van der Waals surface area contributed by atoms with E-state index >= 15 is 0 Å². The number of fused-ring (bicyclic) bond motifs is 11. The molecule has 2 heterocycles. The zero-order chi connectivity index (χ0) is 35.6. The molecule has 0 unspecified atom stereocenters. The first kappa shape index (κ1) is 31.0. The van der Waals surface area contributed by atoms with Crippen LogP contribution in [0.1, 0.15) is 22.3 Å². The van der Waals surface area contributed by atoms with Crippen molar-refractivity contribution in [3.8, 4) is 56.4 Å². The molecule has 8 aromatic carbocycles. The van der Waals surface area contributed by atoms with E-state index in [1.165, 1.54) is 54.1 Å². The third-order valence-electron chi connectivity index (χ3n) is 11.0. The van der Waals surface area contributed by atoms with Crippen molar-refractivity contribution in [3.63, 3.8) is 0 Å². The van der Waals surface area contributed by atoms with Crippen molar-refractivity contribution < 1.29 is 0 Å². The molecule has 0 radical (unpaired) electrons. The van der Waals surface area contributed by atoms with Crippen LogP contribution in [0.25, 0.3) is 67.2 Å². The van der Waals surface area contributed by atoms with Gasteiger partial charge in [-0.1, -0.05) is 188 Å². The molecule has 54 heavy (non-hydrogen) atoms. The predicted molar refractivity (Wildman–Crippen MR) is 221 cm³/mol. The van der Waals surface area contributed by atoms with Crippen LogP contribution in [0.5, 0.6) is 0 Å². The highest BCUT2D eigenvalue weighted by Crippen LogP contribution is 2.63. The monoisotopic (exact) mass is 705 g/mol. The van der Waals surface area contributed by atoms with E-state index < -0.39 is 5.41 Å². The fourth-order valence-electron chi connectivity index (χ4n) is 8.64. The maximum atomic E-state index is 5.32. The summed E-state index contributed by atoms with van der Waals surface area (Å²) in [6, 6.07) is 67.3. The van der Waals surface area contributed by atoms with Gasteiger partial charge in [0.2, 0.25) is 0 Å². The van der Waals surface area contributed by atoms with Crippen LogP contribution in [-0.2, 0) is 5.41 Å². The van der Waals surface area contributed by atoms with Gasteiger partial charge in [0.15, 0.2) is 17.5 Å². The maximum absolute atomic E-state index is 5.32. The smallest absolute Gasteiger partial charge is 0.164 e. The fraction of sp³-hybridized carbons (Fsp3) is 0.0200. The van der Waals surface area contributed by atoms with Gasteiger partial charge in [0.05, 0.1) is 5.41 Å². The van der Waals surface area contributed by atoms with Gasteiger partial charge in [-0.15, -0.1) is 0 Å². The summed E-state index contributed by atoms with van der Waals surface area (Å²) in [5.74, 6) is 1.95. The Bertz CT molecular complexity index is 2860. The van der Waals surface area contributed by atoms with Gasteiger partial charge in [-0.3, -0.25) is 0 Å². The minimum absolute atomic E-state index is 0.519. The number of aromatic nitrogens is 3. The Hall–Kier alpha value is -6.62. The van der Waals surface area contributed by atoms with Crippen LogP contribution >= 0.6 is 11.8 Å². The molecule has 0 N–H and O–H groups in total. The van der Waals surface area contributed by atoms with Crippen molar-refractivity contribution in [1.29, 1.82) is 0 Å². The lowest BCUT2D eigenvalue weighted by molar-refractivity contribution is 0.726. The van der Waals surface area contributed by atoms with Crippen molar-refractivity contribution in [1.82, 2.24) is 15.0 Å². The van der Waals surface area contributed by atoms with Crippen molar-refractivity contribution in [2.45, 2.75) is 15.2 Å². The molecule has 1 aliphatic carbocycles. The second-order valence-corrected chi connectivity index (χ2v) is 15.0. The zero-order valence-electron chi connectivity index (χ0n) is 29.1. The summed E-state index contributed by atoms with van der Waals surface area (Å²) in [7, 11) is 0. The van der Waals surface area contributed by atoms with E-state index in [0.717, 1.165) is 27.6 Å². The second-order valence-electron chi connectivity index (χ2n) is 13.9. The molecule has 1 aliphatic heterocycles. The maximum Gasteiger partial charge on any atom is 0.164 e. The minimum atomic E-state index is -0.519. The van der Waals surface area contributed by atoms with Crippen LogP contribution in [0.15, 0.2) is 198 Å². The van der Waals surface area contributed by atoms with Gasteiger partial charge in [-0.2, -0.15) is 0 Å². The van der Waals surface area contributed by atoms with E-state index in [0.29, 0.717) is 17.5 Å². The number of nitrogens with zero attached hydrogens (tertiary/aromatic N) is 3. The van der Waals surface area contributed by atoms with Crippen molar-refractivity contribution in [2.24, 2.45) is 0 Å².